The van der Waals surface area contributed by atoms with Crippen LogP contribution in [-0.4, -0.2) is 23.6 Å². The molecule has 0 fully saturated rings. The molecule has 5 heteroatoms. The van der Waals surface area contributed by atoms with Crippen LogP contribution in [0.3, 0.4) is 0 Å². The van der Waals surface area contributed by atoms with Crippen molar-refractivity contribution in [3.63, 3.8) is 0 Å². The van der Waals surface area contributed by atoms with Gasteiger partial charge in [0.25, 0.3) is 0 Å². The van der Waals surface area contributed by atoms with Gasteiger partial charge in [-0.2, -0.15) is 0 Å². The number of hydrogen-bond donors (Lipinski definition) is 2. The molecular formula is C17H21NO4. The summed E-state index contributed by atoms with van der Waals surface area (Å²) in [7, 11) is 0. The smallest absolute Gasteiger partial charge is 0.341 e. The summed E-state index contributed by atoms with van der Waals surface area (Å²) in [6.07, 6.45) is 6.84. The molecular weight excluding hydrogens is 282 g/mol. The second kappa shape index (κ2) is 7.64. The van der Waals surface area contributed by atoms with Crippen molar-refractivity contribution in [2.75, 3.05) is 6.61 Å². The normalized spacial score (nSPS) is 18.5. The Morgan fingerprint density at radius 1 is 1.32 bits per heavy atom. The molecule has 1 aromatic carbocycles. The molecule has 2 rings (SSSR count). The number of rotatable bonds is 6. The van der Waals surface area contributed by atoms with Gasteiger partial charge in [0.15, 0.2) is 6.61 Å². The standard InChI is InChI=1S/C17H21NO4/c1-12(18-17(21)14-5-3-2-4-6-14)13-7-9-15(10-8-13)22-11-16(19)20/h2-3,7-10,12,14H,4-6,11H2,1H3,(H,18,21)(H,19,20). The Labute approximate surface area is 130 Å². The largest absolute Gasteiger partial charge is 0.482 e. The van der Waals surface area contributed by atoms with Crippen molar-refractivity contribution < 1.29 is 19.4 Å². The molecule has 0 heterocycles. The highest BCUT2D eigenvalue weighted by Gasteiger charge is 2.20. The van der Waals surface area contributed by atoms with Crippen LogP contribution in [-0.2, 0) is 9.59 Å². The van der Waals surface area contributed by atoms with E-state index in [1.54, 1.807) is 12.1 Å². The molecule has 0 aliphatic heterocycles. The van der Waals surface area contributed by atoms with Crippen LogP contribution in [0.1, 0.15) is 37.8 Å². The van der Waals surface area contributed by atoms with Crippen molar-refractivity contribution in [3.8, 4) is 5.75 Å². The lowest BCUT2D eigenvalue weighted by Gasteiger charge is -2.21. The fourth-order valence-electron chi connectivity index (χ4n) is 2.44. The van der Waals surface area contributed by atoms with Gasteiger partial charge in [-0.05, 0) is 43.9 Å². The van der Waals surface area contributed by atoms with E-state index in [0.717, 1.165) is 24.8 Å². The zero-order valence-corrected chi connectivity index (χ0v) is 12.6. The van der Waals surface area contributed by atoms with Crippen LogP contribution in [0.5, 0.6) is 5.75 Å². The molecule has 118 valence electrons. The number of carboxylic acids is 1. The third kappa shape index (κ3) is 4.62. The molecule has 0 aromatic heterocycles. The summed E-state index contributed by atoms with van der Waals surface area (Å²) < 4.78 is 5.08. The van der Waals surface area contributed by atoms with Gasteiger partial charge in [-0.15, -0.1) is 0 Å². The summed E-state index contributed by atoms with van der Waals surface area (Å²) in [4.78, 5) is 22.6. The zero-order chi connectivity index (χ0) is 15.9. The van der Waals surface area contributed by atoms with Crippen LogP contribution in [0.2, 0.25) is 0 Å². The number of benzene rings is 1. The van der Waals surface area contributed by atoms with E-state index in [2.05, 4.69) is 17.5 Å². The molecule has 0 radical (unpaired) electrons. The molecule has 1 aliphatic carbocycles. The van der Waals surface area contributed by atoms with E-state index in [-0.39, 0.29) is 24.5 Å². The average Bonchev–Trinajstić information content (AvgIpc) is 2.54. The van der Waals surface area contributed by atoms with Gasteiger partial charge in [-0.3, -0.25) is 4.79 Å². The van der Waals surface area contributed by atoms with Crippen LogP contribution in [0.25, 0.3) is 0 Å². The first-order valence-electron chi connectivity index (χ1n) is 7.46. The van der Waals surface area contributed by atoms with Crippen LogP contribution in [0.15, 0.2) is 36.4 Å². The number of carbonyl (C=O) groups is 2. The van der Waals surface area contributed by atoms with E-state index in [1.165, 1.54) is 0 Å². The molecule has 0 saturated carbocycles. The Kier molecular flexibility index (Phi) is 5.58. The minimum Gasteiger partial charge on any atom is -0.482 e. The quantitative estimate of drug-likeness (QED) is 0.792. The maximum absolute atomic E-state index is 12.2. The second-order valence-electron chi connectivity index (χ2n) is 5.46. The minimum atomic E-state index is -1.01. The van der Waals surface area contributed by atoms with E-state index < -0.39 is 5.97 Å². The molecule has 0 bridgehead atoms. The summed E-state index contributed by atoms with van der Waals surface area (Å²) in [6, 6.07) is 7.01. The summed E-state index contributed by atoms with van der Waals surface area (Å²) in [6.45, 7) is 1.57. The van der Waals surface area contributed by atoms with Gasteiger partial charge in [0, 0.05) is 5.92 Å². The molecule has 2 unspecified atom stereocenters. The van der Waals surface area contributed by atoms with Crippen LogP contribution >= 0.6 is 0 Å². The van der Waals surface area contributed by atoms with Gasteiger partial charge in [0.2, 0.25) is 5.91 Å². The highest BCUT2D eigenvalue weighted by atomic mass is 16.5. The maximum Gasteiger partial charge on any atom is 0.341 e. The molecule has 1 amide bonds. The number of carbonyl (C=O) groups excluding carboxylic acids is 1. The van der Waals surface area contributed by atoms with Crippen LogP contribution < -0.4 is 10.1 Å². The number of aliphatic carboxylic acids is 1. The van der Waals surface area contributed by atoms with Crippen molar-refractivity contribution >= 4 is 11.9 Å². The van der Waals surface area contributed by atoms with E-state index in [0.29, 0.717) is 5.75 Å². The number of allylic oxidation sites excluding steroid dienone is 2. The Morgan fingerprint density at radius 3 is 2.64 bits per heavy atom. The first-order chi connectivity index (χ1) is 10.6. The lowest BCUT2D eigenvalue weighted by molar-refractivity contribution is -0.139. The van der Waals surface area contributed by atoms with Crippen LogP contribution in [0.4, 0.5) is 0 Å². The monoisotopic (exact) mass is 303 g/mol. The second-order valence-corrected chi connectivity index (χ2v) is 5.46. The van der Waals surface area contributed by atoms with Crippen molar-refractivity contribution in [1.29, 1.82) is 0 Å². The molecule has 0 spiro atoms. The van der Waals surface area contributed by atoms with Crippen molar-refractivity contribution in [2.45, 2.75) is 32.2 Å². The first kappa shape index (κ1) is 16.1. The molecule has 1 aliphatic rings. The highest BCUT2D eigenvalue weighted by molar-refractivity contribution is 5.79. The summed E-state index contributed by atoms with van der Waals surface area (Å²) >= 11 is 0. The Hall–Kier alpha value is -2.30. The van der Waals surface area contributed by atoms with Gasteiger partial charge < -0.3 is 15.2 Å². The minimum absolute atomic E-state index is 0.0608. The Balaban J connectivity index is 1.88. The van der Waals surface area contributed by atoms with Gasteiger partial charge in [0.05, 0.1) is 6.04 Å². The summed E-state index contributed by atoms with van der Waals surface area (Å²) in [5, 5.41) is 11.6. The fourth-order valence-corrected chi connectivity index (χ4v) is 2.44. The number of carboxylic acid groups (broad SMARTS) is 1. The predicted octanol–water partition coefficient (Wildman–Crippen LogP) is 2.68. The number of nitrogens with one attached hydrogen (secondary N) is 1. The van der Waals surface area contributed by atoms with Crippen molar-refractivity contribution in [2.24, 2.45) is 5.92 Å². The lowest BCUT2D eigenvalue weighted by Crippen LogP contribution is -2.33. The van der Waals surface area contributed by atoms with Gasteiger partial charge >= 0.3 is 5.97 Å². The summed E-state index contributed by atoms with van der Waals surface area (Å²) in [5.41, 5.74) is 0.961. The average molecular weight is 303 g/mol. The van der Waals surface area contributed by atoms with E-state index in [9.17, 15) is 9.59 Å². The van der Waals surface area contributed by atoms with Crippen molar-refractivity contribution in [1.82, 2.24) is 5.32 Å². The molecule has 5 nitrogen and oxygen atoms in total. The van der Waals surface area contributed by atoms with Crippen molar-refractivity contribution in [3.05, 3.63) is 42.0 Å². The van der Waals surface area contributed by atoms with E-state index in [4.69, 9.17) is 9.84 Å². The van der Waals surface area contributed by atoms with Crippen LogP contribution in [0, 0.1) is 5.92 Å². The summed E-state index contributed by atoms with van der Waals surface area (Å²) in [5.74, 6) is -0.359. The third-order valence-corrected chi connectivity index (χ3v) is 3.74. The van der Waals surface area contributed by atoms with Gasteiger partial charge in [-0.25, -0.2) is 4.79 Å². The number of ether oxygens (including phenoxy) is 1. The fraction of sp³-hybridized carbons (Fsp3) is 0.412. The molecule has 2 N–H and O–H groups in total. The number of amides is 1. The maximum atomic E-state index is 12.2. The Bertz CT molecular complexity index is 550. The first-order valence-corrected chi connectivity index (χ1v) is 7.46. The SMILES string of the molecule is CC(NC(=O)C1CC=CCC1)c1ccc(OCC(=O)O)cc1. The predicted molar refractivity (Wildman–Crippen MR) is 82.6 cm³/mol. The highest BCUT2D eigenvalue weighted by Crippen LogP contribution is 2.21. The molecule has 2 atom stereocenters. The van der Waals surface area contributed by atoms with Gasteiger partial charge in [-0.1, -0.05) is 24.3 Å². The zero-order valence-electron chi connectivity index (χ0n) is 12.6. The van der Waals surface area contributed by atoms with E-state index in [1.807, 2.05) is 19.1 Å². The third-order valence-electron chi connectivity index (χ3n) is 3.74. The molecule has 22 heavy (non-hydrogen) atoms. The Morgan fingerprint density at radius 2 is 2.05 bits per heavy atom. The van der Waals surface area contributed by atoms with Gasteiger partial charge in [0.1, 0.15) is 5.75 Å². The molecule has 1 aromatic rings. The molecule has 0 saturated heterocycles. The lowest BCUT2D eigenvalue weighted by atomic mass is 9.93. The van der Waals surface area contributed by atoms with E-state index >= 15 is 0 Å². The number of hydrogen-bond acceptors (Lipinski definition) is 3. The topological polar surface area (TPSA) is 75.6 Å².